The number of halogens is 1. The third-order valence-electron chi connectivity index (χ3n) is 3.87. The first-order valence-electron chi connectivity index (χ1n) is 7.88. The van der Waals surface area contributed by atoms with Crippen molar-refractivity contribution in [1.29, 1.82) is 0 Å². The van der Waals surface area contributed by atoms with Crippen LogP contribution in [-0.2, 0) is 9.59 Å². The van der Waals surface area contributed by atoms with Crippen LogP contribution in [-0.4, -0.2) is 26.0 Å². The molecule has 0 fully saturated rings. The lowest BCUT2D eigenvalue weighted by molar-refractivity contribution is -0.135. The largest absolute Gasteiger partial charge is 0.497 e. The summed E-state index contributed by atoms with van der Waals surface area (Å²) < 4.78 is 10.4. The summed E-state index contributed by atoms with van der Waals surface area (Å²) in [5, 5.41) is 5.92. The van der Waals surface area contributed by atoms with E-state index in [2.05, 4.69) is 10.6 Å². The molecule has 26 heavy (non-hydrogen) atoms. The van der Waals surface area contributed by atoms with E-state index in [4.69, 9.17) is 21.1 Å². The molecule has 0 spiro atoms. The highest BCUT2D eigenvalue weighted by Gasteiger charge is 2.36. The van der Waals surface area contributed by atoms with E-state index in [9.17, 15) is 9.59 Å². The van der Waals surface area contributed by atoms with Crippen LogP contribution in [0.4, 0.5) is 11.4 Å². The quantitative estimate of drug-likeness (QED) is 0.748. The maximum absolute atomic E-state index is 12.7. The molecule has 2 amide bonds. The van der Waals surface area contributed by atoms with Gasteiger partial charge in [-0.2, -0.15) is 0 Å². The van der Waals surface area contributed by atoms with E-state index in [1.54, 1.807) is 42.5 Å². The van der Waals surface area contributed by atoms with Gasteiger partial charge < -0.3 is 20.1 Å². The summed E-state index contributed by atoms with van der Waals surface area (Å²) in [7, 11) is 3.02. The maximum atomic E-state index is 12.7. The van der Waals surface area contributed by atoms with Crippen LogP contribution in [0.25, 0.3) is 0 Å². The first-order chi connectivity index (χ1) is 12.3. The van der Waals surface area contributed by atoms with E-state index >= 15 is 0 Å². The Balaban J connectivity index is 2.18. The van der Waals surface area contributed by atoms with Crippen molar-refractivity contribution in [1.82, 2.24) is 0 Å². The van der Waals surface area contributed by atoms with Crippen LogP contribution in [0, 0.1) is 5.41 Å². The number of rotatable bonds is 6. The predicted molar refractivity (Wildman–Crippen MR) is 102 cm³/mol. The van der Waals surface area contributed by atoms with Crippen molar-refractivity contribution < 1.29 is 19.1 Å². The minimum atomic E-state index is -1.34. The highest BCUT2D eigenvalue weighted by atomic mass is 35.5. The molecule has 2 aromatic rings. The molecule has 0 saturated heterocycles. The van der Waals surface area contributed by atoms with Gasteiger partial charge in [-0.25, -0.2) is 0 Å². The van der Waals surface area contributed by atoms with Gasteiger partial charge in [-0.3, -0.25) is 9.59 Å². The molecule has 0 aromatic heterocycles. The fourth-order valence-electron chi connectivity index (χ4n) is 2.15. The van der Waals surface area contributed by atoms with Crippen LogP contribution in [0.15, 0.2) is 42.5 Å². The van der Waals surface area contributed by atoms with Crippen LogP contribution in [0.2, 0.25) is 5.02 Å². The third-order valence-corrected chi connectivity index (χ3v) is 4.11. The number of anilines is 2. The zero-order valence-electron chi connectivity index (χ0n) is 15.1. The Bertz CT molecular complexity index is 821. The lowest BCUT2D eigenvalue weighted by Gasteiger charge is -2.23. The zero-order chi connectivity index (χ0) is 19.3. The third kappa shape index (κ3) is 4.46. The molecule has 0 atom stereocenters. The van der Waals surface area contributed by atoms with E-state index in [1.807, 2.05) is 0 Å². The number of hydrogen-bond acceptors (Lipinski definition) is 4. The smallest absolute Gasteiger partial charge is 0.239 e. The number of amides is 2. The van der Waals surface area contributed by atoms with Gasteiger partial charge in [0.05, 0.1) is 19.9 Å². The van der Waals surface area contributed by atoms with E-state index in [0.29, 0.717) is 27.9 Å². The van der Waals surface area contributed by atoms with E-state index < -0.39 is 17.2 Å². The van der Waals surface area contributed by atoms with Crippen molar-refractivity contribution in [3.63, 3.8) is 0 Å². The Morgan fingerprint density at radius 3 is 2.27 bits per heavy atom. The van der Waals surface area contributed by atoms with Crippen molar-refractivity contribution in [3.8, 4) is 11.5 Å². The molecule has 0 saturated carbocycles. The average molecular weight is 377 g/mol. The molecule has 6 nitrogen and oxygen atoms in total. The molecule has 2 aromatic carbocycles. The summed E-state index contributed by atoms with van der Waals surface area (Å²) in [6.45, 7) is 3.07. The minimum Gasteiger partial charge on any atom is -0.497 e. The number of methoxy groups -OCH3 is 2. The summed E-state index contributed by atoms with van der Waals surface area (Å²) in [5.41, 5.74) is -0.404. The Labute approximate surface area is 157 Å². The minimum absolute atomic E-state index is 0.417. The van der Waals surface area contributed by atoms with E-state index in [0.717, 1.165) is 0 Å². The second-order valence-corrected chi connectivity index (χ2v) is 6.55. The molecule has 0 radical (unpaired) electrons. The summed E-state index contributed by atoms with van der Waals surface area (Å²) in [5.74, 6) is 0.0789. The lowest BCUT2D eigenvalue weighted by Crippen LogP contribution is -2.41. The van der Waals surface area contributed by atoms with Gasteiger partial charge in [0.25, 0.3) is 0 Å². The number of hydrogen-bond donors (Lipinski definition) is 2. The molecule has 2 N–H and O–H groups in total. The van der Waals surface area contributed by atoms with Crippen molar-refractivity contribution in [2.75, 3.05) is 24.9 Å². The van der Waals surface area contributed by atoms with Gasteiger partial charge >= 0.3 is 0 Å². The van der Waals surface area contributed by atoms with Crippen LogP contribution in [0.5, 0.6) is 11.5 Å². The van der Waals surface area contributed by atoms with Crippen LogP contribution < -0.4 is 20.1 Å². The Morgan fingerprint density at radius 2 is 1.65 bits per heavy atom. The standard InChI is InChI=1S/C19H21ClN2O4/c1-19(2,17(23)21-13-7-5-6-12(20)10-13)18(24)22-15-11-14(25-3)8-9-16(15)26-4/h5-11H,1-4H3,(H,21,23)(H,22,24). The van der Waals surface area contributed by atoms with Crippen LogP contribution in [0.1, 0.15) is 13.8 Å². The topological polar surface area (TPSA) is 76.7 Å². The van der Waals surface area contributed by atoms with Gasteiger partial charge in [-0.05, 0) is 44.2 Å². The maximum Gasteiger partial charge on any atom is 0.239 e. The first kappa shape index (κ1) is 19.6. The molecule has 138 valence electrons. The number of carbonyl (C=O) groups is 2. The second kappa shape index (κ2) is 8.10. The SMILES string of the molecule is COc1ccc(OC)c(NC(=O)C(C)(C)C(=O)Nc2cccc(Cl)c2)c1. The van der Waals surface area contributed by atoms with E-state index in [-0.39, 0.29) is 0 Å². The average Bonchev–Trinajstić information content (AvgIpc) is 2.61. The molecule has 0 heterocycles. The Morgan fingerprint density at radius 1 is 0.962 bits per heavy atom. The summed E-state index contributed by atoms with van der Waals surface area (Å²) in [6, 6.07) is 11.7. The normalized spacial score (nSPS) is 10.8. The monoisotopic (exact) mass is 376 g/mol. The number of ether oxygens (including phenoxy) is 2. The molecule has 0 aliphatic carbocycles. The lowest BCUT2D eigenvalue weighted by atomic mass is 9.90. The summed E-state index contributed by atoms with van der Waals surface area (Å²) >= 11 is 5.92. The van der Waals surface area contributed by atoms with Gasteiger partial charge in [-0.15, -0.1) is 0 Å². The molecule has 0 bridgehead atoms. The van der Waals surface area contributed by atoms with Gasteiger partial charge in [0.2, 0.25) is 11.8 Å². The number of benzene rings is 2. The van der Waals surface area contributed by atoms with Gasteiger partial charge in [0.15, 0.2) is 0 Å². The highest BCUT2D eigenvalue weighted by molar-refractivity contribution is 6.31. The van der Waals surface area contributed by atoms with E-state index in [1.165, 1.54) is 28.1 Å². The molecule has 7 heteroatoms. The van der Waals surface area contributed by atoms with Gasteiger partial charge in [0, 0.05) is 16.8 Å². The van der Waals surface area contributed by atoms with Crippen LogP contribution in [0.3, 0.4) is 0 Å². The highest BCUT2D eigenvalue weighted by Crippen LogP contribution is 2.31. The molecule has 0 unspecified atom stereocenters. The zero-order valence-corrected chi connectivity index (χ0v) is 15.8. The number of nitrogens with one attached hydrogen (secondary N) is 2. The molecule has 2 rings (SSSR count). The van der Waals surface area contributed by atoms with Crippen molar-refractivity contribution in [2.24, 2.45) is 5.41 Å². The molecule has 0 aliphatic rings. The summed E-state index contributed by atoms with van der Waals surface area (Å²) in [4.78, 5) is 25.3. The molecule has 0 aliphatic heterocycles. The molecular formula is C19H21ClN2O4. The van der Waals surface area contributed by atoms with Crippen molar-refractivity contribution in [3.05, 3.63) is 47.5 Å². The van der Waals surface area contributed by atoms with Crippen molar-refractivity contribution in [2.45, 2.75) is 13.8 Å². The number of carbonyl (C=O) groups excluding carboxylic acids is 2. The first-order valence-corrected chi connectivity index (χ1v) is 8.26. The fraction of sp³-hybridized carbons (Fsp3) is 0.263. The van der Waals surface area contributed by atoms with Gasteiger partial charge in [0.1, 0.15) is 16.9 Å². The van der Waals surface area contributed by atoms with Crippen LogP contribution >= 0.6 is 11.6 Å². The van der Waals surface area contributed by atoms with Gasteiger partial charge in [-0.1, -0.05) is 17.7 Å². The van der Waals surface area contributed by atoms with Crippen molar-refractivity contribution >= 4 is 34.8 Å². The summed E-state index contributed by atoms with van der Waals surface area (Å²) in [6.07, 6.45) is 0. The molecular weight excluding hydrogens is 356 g/mol. The Kier molecular flexibility index (Phi) is 6.10. The Hall–Kier alpha value is -2.73. The fourth-order valence-corrected chi connectivity index (χ4v) is 2.34. The second-order valence-electron chi connectivity index (χ2n) is 6.11. The predicted octanol–water partition coefficient (Wildman–Crippen LogP) is 3.96.